The Labute approximate surface area is 151 Å². The van der Waals surface area contributed by atoms with Crippen LogP contribution in [0.25, 0.3) is 10.9 Å². The van der Waals surface area contributed by atoms with Crippen molar-refractivity contribution in [2.24, 2.45) is 0 Å². The maximum Gasteiger partial charge on any atom is 0.422 e. The number of rotatable bonds is 5. The summed E-state index contributed by atoms with van der Waals surface area (Å²) in [4.78, 5) is 19.2. The highest BCUT2D eigenvalue weighted by Crippen LogP contribution is 2.20. The molecule has 0 aliphatic rings. The Hall–Kier alpha value is -3.10. The van der Waals surface area contributed by atoms with Gasteiger partial charge in [0, 0.05) is 10.9 Å². The van der Waals surface area contributed by atoms with Crippen LogP contribution in [0.4, 0.5) is 17.6 Å². The van der Waals surface area contributed by atoms with Crippen LogP contribution in [0.2, 0.25) is 0 Å². The predicted molar refractivity (Wildman–Crippen MR) is 89.9 cm³/mol. The van der Waals surface area contributed by atoms with Crippen LogP contribution >= 0.6 is 0 Å². The number of benzene rings is 1. The van der Waals surface area contributed by atoms with Gasteiger partial charge in [0.1, 0.15) is 17.3 Å². The molecule has 0 aliphatic heterocycles. The fraction of sp³-hybridized carbons (Fsp3) is 0.222. The summed E-state index contributed by atoms with van der Waals surface area (Å²) in [6.45, 7) is 0.278. The molecule has 0 saturated carbocycles. The number of hydrogen-bond donors (Lipinski definition) is 2. The van der Waals surface area contributed by atoms with Gasteiger partial charge >= 0.3 is 6.18 Å². The van der Waals surface area contributed by atoms with Gasteiger partial charge in [-0.15, -0.1) is 0 Å². The molecule has 0 radical (unpaired) electrons. The monoisotopic (exact) mass is 381 g/mol. The molecule has 9 heteroatoms. The van der Waals surface area contributed by atoms with Crippen molar-refractivity contribution in [2.45, 2.75) is 19.1 Å². The number of alkyl halides is 3. The zero-order valence-electron chi connectivity index (χ0n) is 14.1. The van der Waals surface area contributed by atoms with Crippen LogP contribution in [0.15, 0.2) is 42.6 Å². The molecule has 0 spiro atoms. The summed E-state index contributed by atoms with van der Waals surface area (Å²) in [5.74, 6) is -0.854. The summed E-state index contributed by atoms with van der Waals surface area (Å²) in [6, 6.07) is 8.06. The first-order valence-electron chi connectivity index (χ1n) is 7.96. The second-order valence-electron chi connectivity index (χ2n) is 5.93. The Morgan fingerprint density at radius 3 is 2.70 bits per heavy atom. The first-order valence-corrected chi connectivity index (χ1v) is 7.96. The van der Waals surface area contributed by atoms with Crippen LogP contribution in [0.5, 0.6) is 5.75 Å². The molecule has 5 nitrogen and oxygen atoms in total. The number of carbonyl (C=O) groups is 1. The maximum absolute atomic E-state index is 13.2. The molecule has 142 valence electrons. The quantitative estimate of drug-likeness (QED) is 0.653. The molecule has 0 fully saturated rings. The standard InChI is InChI=1S/C18H15F4N3O2/c1-10(14-5-4-13(8-23-14)27-9-18(20,21)22)24-17(26)16-6-11-2-3-12(19)7-15(11)25-16/h2-8,10,25H,9H2,1H3,(H,24,26)/t10-/m1/s1. The summed E-state index contributed by atoms with van der Waals surface area (Å²) in [6.07, 6.45) is -3.27. The fourth-order valence-electron chi connectivity index (χ4n) is 2.47. The number of nitrogens with one attached hydrogen (secondary N) is 2. The van der Waals surface area contributed by atoms with Gasteiger partial charge < -0.3 is 15.0 Å². The molecule has 0 aliphatic carbocycles. The molecule has 1 atom stereocenters. The first kappa shape index (κ1) is 18.7. The highest BCUT2D eigenvalue weighted by molar-refractivity contribution is 5.98. The lowest BCUT2D eigenvalue weighted by molar-refractivity contribution is -0.153. The number of aromatic amines is 1. The van der Waals surface area contributed by atoms with E-state index in [2.05, 4.69) is 20.0 Å². The van der Waals surface area contributed by atoms with E-state index in [0.717, 1.165) is 6.20 Å². The van der Waals surface area contributed by atoms with E-state index in [1.54, 1.807) is 19.1 Å². The van der Waals surface area contributed by atoms with Gasteiger partial charge in [-0.1, -0.05) is 0 Å². The van der Waals surface area contributed by atoms with Crippen molar-refractivity contribution in [2.75, 3.05) is 6.61 Å². The van der Waals surface area contributed by atoms with Crippen molar-refractivity contribution in [3.05, 3.63) is 59.8 Å². The van der Waals surface area contributed by atoms with Crippen molar-refractivity contribution >= 4 is 16.8 Å². The topological polar surface area (TPSA) is 67.0 Å². The molecular weight excluding hydrogens is 366 g/mol. The lowest BCUT2D eigenvalue weighted by atomic mass is 10.2. The average molecular weight is 381 g/mol. The minimum absolute atomic E-state index is 0.0211. The molecule has 0 bridgehead atoms. The molecule has 3 rings (SSSR count). The van der Waals surface area contributed by atoms with E-state index in [-0.39, 0.29) is 11.4 Å². The van der Waals surface area contributed by atoms with Gasteiger partial charge in [-0.25, -0.2) is 4.39 Å². The van der Waals surface area contributed by atoms with Crippen LogP contribution in [0.3, 0.4) is 0 Å². The van der Waals surface area contributed by atoms with Crippen LogP contribution in [0, 0.1) is 5.82 Å². The summed E-state index contributed by atoms with van der Waals surface area (Å²) < 4.78 is 54.2. The lowest BCUT2D eigenvalue weighted by Crippen LogP contribution is -2.27. The molecule has 2 heterocycles. The molecule has 0 unspecified atom stereocenters. The Morgan fingerprint density at radius 2 is 2.04 bits per heavy atom. The third-order valence-corrected chi connectivity index (χ3v) is 3.78. The summed E-state index contributed by atoms with van der Waals surface area (Å²) >= 11 is 0. The Morgan fingerprint density at radius 1 is 1.26 bits per heavy atom. The number of halogens is 4. The summed E-state index contributed by atoms with van der Waals surface area (Å²) in [7, 11) is 0. The zero-order chi connectivity index (χ0) is 19.6. The molecule has 0 saturated heterocycles. The van der Waals surface area contributed by atoms with Crippen molar-refractivity contribution in [3.8, 4) is 5.75 Å². The predicted octanol–water partition coefficient (Wildman–Crippen LogP) is 4.13. The highest BCUT2D eigenvalue weighted by atomic mass is 19.4. The number of nitrogens with zero attached hydrogens (tertiary/aromatic N) is 1. The lowest BCUT2D eigenvalue weighted by Gasteiger charge is -2.14. The fourth-order valence-corrected chi connectivity index (χ4v) is 2.47. The van der Waals surface area contributed by atoms with E-state index in [1.807, 2.05) is 0 Å². The van der Waals surface area contributed by atoms with Gasteiger partial charge in [-0.05, 0) is 43.3 Å². The number of pyridine rings is 1. The van der Waals surface area contributed by atoms with E-state index in [0.29, 0.717) is 16.6 Å². The number of hydrogen-bond acceptors (Lipinski definition) is 3. The molecule has 3 aromatic rings. The van der Waals surface area contributed by atoms with Gasteiger partial charge in [0.25, 0.3) is 5.91 Å². The number of H-pyrrole nitrogens is 1. The van der Waals surface area contributed by atoms with Crippen LogP contribution in [-0.4, -0.2) is 28.7 Å². The number of amides is 1. The van der Waals surface area contributed by atoms with Gasteiger partial charge in [-0.2, -0.15) is 13.2 Å². The van der Waals surface area contributed by atoms with Gasteiger partial charge in [0.2, 0.25) is 0 Å². The molecule has 27 heavy (non-hydrogen) atoms. The van der Waals surface area contributed by atoms with Crippen LogP contribution < -0.4 is 10.1 Å². The second-order valence-corrected chi connectivity index (χ2v) is 5.93. The minimum atomic E-state index is -4.43. The highest BCUT2D eigenvalue weighted by Gasteiger charge is 2.28. The zero-order valence-corrected chi connectivity index (χ0v) is 14.1. The average Bonchev–Trinajstić information content (AvgIpc) is 3.03. The van der Waals surface area contributed by atoms with Crippen LogP contribution in [0.1, 0.15) is 29.1 Å². The number of fused-ring (bicyclic) bond motifs is 1. The van der Waals surface area contributed by atoms with E-state index >= 15 is 0 Å². The van der Waals surface area contributed by atoms with Crippen molar-refractivity contribution in [3.63, 3.8) is 0 Å². The molecule has 2 aromatic heterocycles. The minimum Gasteiger partial charge on any atom is -0.483 e. The van der Waals surface area contributed by atoms with Gasteiger partial charge in [0.15, 0.2) is 6.61 Å². The van der Waals surface area contributed by atoms with E-state index in [4.69, 9.17) is 0 Å². The maximum atomic E-state index is 13.2. The Bertz CT molecular complexity index is 951. The summed E-state index contributed by atoms with van der Waals surface area (Å²) in [5, 5.41) is 3.41. The largest absolute Gasteiger partial charge is 0.483 e. The second kappa shape index (κ2) is 7.26. The van der Waals surface area contributed by atoms with Crippen LogP contribution in [-0.2, 0) is 0 Å². The molecular formula is C18H15F4N3O2. The van der Waals surface area contributed by atoms with Crippen molar-refractivity contribution in [1.29, 1.82) is 0 Å². The van der Waals surface area contributed by atoms with Gasteiger partial charge in [0.05, 0.1) is 17.9 Å². The van der Waals surface area contributed by atoms with Crippen molar-refractivity contribution in [1.82, 2.24) is 15.3 Å². The normalized spacial score (nSPS) is 12.8. The van der Waals surface area contributed by atoms with Gasteiger partial charge in [-0.3, -0.25) is 9.78 Å². The van der Waals surface area contributed by atoms with E-state index < -0.39 is 30.5 Å². The first-order chi connectivity index (χ1) is 12.7. The smallest absolute Gasteiger partial charge is 0.422 e. The van der Waals surface area contributed by atoms with Crippen molar-refractivity contribution < 1.29 is 27.1 Å². The summed E-state index contributed by atoms with van der Waals surface area (Å²) in [5.41, 5.74) is 1.20. The number of ether oxygens (including phenoxy) is 1. The molecule has 1 amide bonds. The SMILES string of the molecule is C[C@@H](NC(=O)c1cc2ccc(F)cc2[nH]1)c1ccc(OCC(F)(F)F)cn1. The third kappa shape index (κ3) is 4.75. The number of carbonyl (C=O) groups excluding carboxylic acids is 1. The van der Waals surface area contributed by atoms with E-state index in [1.165, 1.54) is 24.3 Å². The number of aromatic nitrogens is 2. The Kier molecular flexibility index (Phi) is 5.02. The Balaban J connectivity index is 1.65. The molecule has 2 N–H and O–H groups in total. The molecule has 1 aromatic carbocycles. The third-order valence-electron chi connectivity index (χ3n) is 3.78. The van der Waals surface area contributed by atoms with E-state index in [9.17, 15) is 22.4 Å².